The lowest BCUT2D eigenvalue weighted by molar-refractivity contribution is -0.147. The number of hydrogen-bond donors (Lipinski definition) is 1. The third kappa shape index (κ3) is 2.49. The molecule has 1 aliphatic heterocycles. The van der Waals surface area contributed by atoms with Crippen molar-refractivity contribution in [2.45, 2.75) is 50.7 Å². The molecule has 0 bridgehead atoms. The number of benzene rings is 1. The third-order valence-corrected chi connectivity index (χ3v) is 5.07. The molecular formula is C17H24FNO. The number of nitrogens with one attached hydrogen (secondary N) is 1. The molecule has 2 atom stereocenters. The van der Waals surface area contributed by atoms with E-state index in [0.717, 1.165) is 30.6 Å². The Morgan fingerprint density at radius 2 is 2.20 bits per heavy atom. The molecule has 1 saturated heterocycles. The molecule has 0 aromatic heterocycles. The first-order valence-electron chi connectivity index (χ1n) is 7.71. The predicted molar refractivity (Wildman–Crippen MR) is 78.2 cm³/mol. The van der Waals surface area contributed by atoms with Gasteiger partial charge in [-0.2, -0.15) is 0 Å². The first-order valence-corrected chi connectivity index (χ1v) is 7.71. The van der Waals surface area contributed by atoms with Gasteiger partial charge in [-0.25, -0.2) is 4.39 Å². The molecule has 1 heterocycles. The van der Waals surface area contributed by atoms with Crippen molar-refractivity contribution in [3.63, 3.8) is 0 Å². The summed E-state index contributed by atoms with van der Waals surface area (Å²) in [5.74, 6) is 0.379. The molecule has 110 valence electrons. The Labute approximate surface area is 120 Å². The molecule has 0 radical (unpaired) electrons. The second-order valence-corrected chi connectivity index (χ2v) is 6.43. The van der Waals surface area contributed by atoms with Crippen LogP contribution in [0.2, 0.25) is 0 Å². The molecule has 1 N–H and O–H groups in total. The lowest BCUT2D eigenvalue weighted by Crippen LogP contribution is -2.47. The highest BCUT2D eigenvalue weighted by molar-refractivity contribution is 5.27. The Morgan fingerprint density at radius 3 is 2.80 bits per heavy atom. The number of rotatable bonds is 3. The maximum absolute atomic E-state index is 14.3. The van der Waals surface area contributed by atoms with Crippen molar-refractivity contribution in [2.24, 2.45) is 5.92 Å². The third-order valence-electron chi connectivity index (χ3n) is 5.07. The summed E-state index contributed by atoms with van der Waals surface area (Å²) in [4.78, 5) is 0. The Kier molecular flexibility index (Phi) is 3.83. The van der Waals surface area contributed by atoms with Crippen molar-refractivity contribution < 1.29 is 9.13 Å². The number of hydrogen-bond acceptors (Lipinski definition) is 2. The summed E-state index contributed by atoms with van der Waals surface area (Å²) in [7, 11) is 1.94. The van der Waals surface area contributed by atoms with E-state index in [2.05, 4.69) is 5.32 Å². The minimum absolute atomic E-state index is 0.0847. The van der Waals surface area contributed by atoms with Crippen molar-refractivity contribution in [1.82, 2.24) is 5.32 Å². The molecular weight excluding hydrogens is 253 g/mol. The molecule has 3 heteroatoms. The van der Waals surface area contributed by atoms with Gasteiger partial charge in [0.1, 0.15) is 5.82 Å². The topological polar surface area (TPSA) is 21.3 Å². The first-order chi connectivity index (χ1) is 9.63. The van der Waals surface area contributed by atoms with Gasteiger partial charge in [0.25, 0.3) is 0 Å². The van der Waals surface area contributed by atoms with E-state index in [1.165, 1.54) is 19.3 Å². The maximum Gasteiger partial charge on any atom is 0.128 e. The maximum atomic E-state index is 14.3. The minimum Gasteiger partial charge on any atom is -0.375 e. The van der Waals surface area contributed by atoms with Crippen LogP contribution in [0, 0.1) is 18.7 Å². The molecule has 1 aromatic carbocycles. The van der Waals surface area contributed by atoms with Crippen LogP contribution in [-0.2, 0) is 4.74 Å². The summed E-state index contributed by atoms with van der Waals surface area (Å²) < 4.78 is 20.2. The first kappa shape index (κ1) is 14.0. The van der Waals surface area contributed by atoms with Crippen LogP contribution in [0.1, 0.15) is 49.3 Å². The van der Waals surface area contributed by atoms with Crippen molar-refractivity contribution in [1.29, 1.82) is 0 Å². The summed E-state index contributed by atoms with van der Waals surface area (Å²) in [5.41, 5.74) is 1.89. The fraction of sp³-hybridized carbons (Fsp3) is 0.647. The van der Waals surface area contributed by atoms with Crippen LogP contribution in [0.15, 0.2) is 18.2 Å². The molecule has 1 saturated carbocycles. The lowest BCUT2D eigenvalue weighted by atomic mass is 9.69. The van der Waals surface area contributed by atoms with Crippen LogP contribution in [0.3, 0.4) is 0 Å². The Hall–Kier alpha value is -0.930. The molecule has 2 nitrogen and oxygen atoms in total. The summed E-state index contributed by atoms with van der Waals surface area (Å²) >= 11 is 0. The van der Waals surface area contributed by atoms with Gasteiger partial charge in [0, 0.05) is 18.2 Å². The summed E-state index contributed by atoms with van der Waals surface area (Å²) in [5, 5.41) is 3.34. The van der Waals surface area contributed by atoms with E-state index < -0.39 is 0 Å². The highest BCUT2D eigenvalue weighted by atomic mass is 19.1. The zero-order valence-electron chi connectivity index (χ0n) is 12.4. The zero-order valence-corrected chi connectivity index (χ0v) is 12.4. The standard InChI is InChI=1S/C17H24FNO/c1-12-4-5-14(15(18)10-12)16(19-2)13-6-9-20-17(11-13)7-3-8-17/h4-5,10,13,16,19H,3,6-9,11H2,1-2H3. The van der Waals surface area contributed by atoms with Gasteiger partial charge in [0.2, 0.25) is 0 Å². The normalized spacial score (nSPS) is 26.2. The van der Waals surface area contributed by atoms with Crippen LogP contribution >= 0.6 is 0 Å². The quantitative estimate of drug-likeness (QED) is 0.908. The van der Waals surface area contributed by atoms with Gasteiger partial charge in [0.05, 0.1) is 5.60 Å². The van der Waals surface area contributed by atoms with E-state index in [-0.39, 0.29) is 17.5 Å². The fourth-order valence-electron chi connectivity index (χ4n) is 3.80. The lowest BCUT2D eigenvalue weighted by Gasteiger charge is -2.48. The van der Waals surface area contributed by atoms with Gasteiger partial charge in [-0.05, 0) is 63.6 Å². The van der Waals surface area contributed by atoms with Crippen LogP contribution in [-0.4, -0.2) is 19.3 Å². The Balaban J connectivity index is 1.81. The Morgan fingerprint density at radius 1 is 1.40 bits per heavy atom. The smallest absolute Gasteiger partial charge is 0.128 e. The van der Waals surface area contributed by atoms with Gasteiger partial charge >= 0.3 is 0 Å². The van der Waals surface area contributed by atoms with Gasteiger partial charge in [0.15, 0.2) is 0 Å². The second kappa shape index (κ2) is 5.45. The average Bonchev–Trinajstić information content (AvgIpc) is 2.40. The predicted octanol–water partition coefficient (Wildman–Crippen LogP) is 3.74. The van der Waals surface area contributed by atoms with Crippen LogP contribution in [0.4, 0.5) is 4.39 Å². The highest BCUT2D eigenvalue weighted by Crippen LogP contribution is 2.47. The van der Waals surface area contributed by atoms with E-state index in [4.69, 9.17) is 4.74 Å². The molecule has 1 aromatic rings. The van der Waals surface area contributed by atoms with E-state index in [0.29, 0.717) is 5.92 Å². The molecule has 0 amide bonds. The van der Waals surface area contributed by atoms with Crippen LogP contribution in [0.25, 0.3) is 0 Å². The van der Waals surface area contributed by atoms with Gasteiger partial charge < -0.3 is 10.1 Å². The highest BCUT2D eigenvalue weighted by Gasteiger charge is 2.44. The molecule has 3 rings (SSSR count). The van der Waals surface area contributed by atoms with Crippen molar-refractivity contribution >= 4 is 0 Å². The second-order valence-electron chi connectivity index (χ2n) is 6.43. The molecule has 2 aliphatic rings. The molecule has 1 aliphatic carbocycles. The SMILES string of the molecule is CNC(c1ccc(C)cc1F)C1CCOC2(CCC2)C1. The molecule has 2 unspecified atom stereocenters. The van der Waals surface area contributed by atoms with E-state index in [9.17, 15) is 4.39 Å². The van der Waals surface area contributed by atoms with E-state index in [1.807, 2.05) is 26.1 Å². The van der Waals surface area contributed by atoms with Gasteiger partial charge in [-0.15, -0.1) is 0 Å². The summed E-state index contributed by atoms with van der Waals surface area (Å²) in [6.45, 7) is 2.75. The minimum atomic E-state index is -0.0847. The van der Waals surface area contributed by atoms with Gasteiger partial charge in [-0.1, -0.05) is 12.1 Å². The van der Waals surface area contributed by atoms with Crippen molar-refractivity contribution in [3.8, 4) is 0 Å². The van der Waals surface area contributed by atoms with Crippen molar-refractivity contribution in [3.05, 3.63) is 35.1 Å². The molecule has 1 spiro atoms. The number of ether oxygens (including phenoxy) is 1. The molecule has 2 fully saturated rings. The van der Waals surface area contributed by atoms with E-state index in [1.54, 1.807) is 6.07 Å². The summed E-state index contributed by atoms with van der Waals surface area (Å²) in [6.07, 6.45) is 5.70. The average molecular weight is 277 g/mol. The largest absolute Gasteiger partial charge is 0.375 e. The van der Waals surface area contributed by atoms with Gasteiger partial charge in [-0.3, -0.25) is 0 Å². The van der Waals surface area contributed by atoms with Crippen LogP contribution in [0.5, 0.6) is 0 Å². The molecule has 20 heavy (non-hydrogen) atoms. The zero-order chi connectivity index (χ0) is 14.2. The number of halogens is 1. The fourth-order valence-corrected chi connectivity index (χ4v) is 3.80. The number of aryl methyl sites for hydroxylation is 1. The monoisotopic (exact) mass is 277 g/mol. The van der Waals surface area contributed by atoms with Crippen LogP contribution < -0.4 is 5.32 Å². The Bertz CT molecular complexity index is 484. The summed E-state index contributed by atoms with van der Waals surface area (Å²) in [6, 6.07) is 5.67. The van der Waals surface area contributed by atoms with E-state index >= 15 is 0 Å². The van der Waals surface area contributed by atoms with Crippen molar-refractivity contribution in [2.75, 3.05) is 13.7 Å².